The van der Waals surface area contributed by atoms with E-state index in [1.165, 1.54) is 5.56 Å². The van der Waals surface area contributed by atoms with Crippen LogP contribution >= 0.6 is 0 Å². The van der Waals surface area contributed by atoms with Gasteiger partial charge in [-0.05, 0) is 75.8 Å². The van der Waals surface area contributed by atoms with Gasteiger partial charge in [0.2, 0.25) is 11.8 Å². The number of ether oxygens (including phenoxy) is 1. The van der Waals surface area contributed by atoms with Gasteiger partial charge in [0.15, 0.2) is 0 Å². The van der Waals surface area contributed by atoms with Crippen molar-refractivity contribution in [1.29, 1.82) is 0 Å². The van der Waals surface area contributed by atoms with E-state index in [9.17, 15) is 19.5 Å². The van der Waals surface area contributed by atoms with Crippen molar-refractivity contribution in [1.82, 2.24) is 10.2 Å². The monoisotopic (exact) mass is 658 g/mol. The molecule has 0 aromatic heterocycles. The zero-order chi connectivity index (χ0) is 34.3. The summed E-state index contributed by atoms with van der Waals surface area (Å²) in [6.45, 7) is 5.05. The molecule has 2 N–H and O–H groups in total. The molecule has 2 aliphatic rings. The highest BCUT2D eigenvalue weighted by Crippen LogP contribution is 2.32. The number of aliphatic carboxylic acids is 1. The summed E-state index contributed by atoms with van der Waals surface area (Å²) in [5.41, 5.74) is 7.18. The summed E-state index contributed by atoms with van der Waals surface area (Å²) in [7, 11) is 0. The van der Waals surface area contributed by atoms with Crippen molar-refractivity contribution in [2.75, 3.05) is 0 Å². The Bertz CT molecular complexity index is 1740. The Morgan fingerprint density at radius 1 is 0.837 bits per heavy atom. The second-order valence-corrected chi connectivity index (χ2v) is 13.9. The molecule has 0 radical (unpaired) electrons. The highest BCUT2D eigenvalue weighted by Gasteiger charge is 2.37. The van der Waals surface area contributed by atoms with Gasteiger partial charge in [0, 0.05) is 25.8 Å². The van der Waals surface area contributed by atoms with Gasteiger partial charge in [-0.15, -0.1) is 0 Å². The van der Waals surface area contributed by atoms with Crippen LogP contribution in [-0.2, 0) is 40.4 Å². The highest BCUT2D eigenvalue weighted by molar-refractivity contribution is 5.91. The molecule has 0 spiro atoms. The van der Waals surface area contributed by atoms with Crippen LogP contribution in [0.2, 0.25) is 0 Å². The molecule has 1 saturated carbocycles. The van der Waals surface area contributed by atoms with Crippen molar-refractivity contribution < 1.29 is 24.2 Å². The maximum atomic E-state index is 13.9. The average Bonchev–Trinajstić information content (AvgIpc) is 3.63. The number of nitrogens with zero attached hydrogens (tertiary/aromatic N) is 1. The molecule has 0 unspecified atom stereocenters. The molecular formula is C42H46N2O5. The van der Waals surface area contributed by atoms with E-state index in [-0.39, 0.29) is 18.9 Å². The van der Waals surface area contributed by atoms with E-state index in [1.54, 1.807) is 4.90 Å². The maximum absolute atomic E-state index is 13.9. The van der Waals surface area contributed by atoms with Crippen molar-refractivity contribution in [3.63, 3.8) is 0 Å². The Morgan fingerprint density at radius 2 is 1.51 bits per heavy atom. The lowest BCUT2D eigenvalue weighted by atomic mass is 9.91. The molecule has 1 aliphatic heterocycles. The molecule has 49 heavy (non-hydrogen) atoms. The lowest BCUT2D eigenvalue weighted by Gasteiger charge is -2.37. The average molecular weight is 659 g/mol. The first-order chi connectivity index (χ1) is 23.7. The number of hydrogen-bond donors (Lipinski definition) is 2. The van der Waals surface area contributed by atoms with Crippen molar-refractivity contribution in [3.8, 4) is 16.9 Å². The van der Waals surface area contributed by atoms with E-state index in [0.29, 0.717) is 37.0 Å². The van der Waals surface area contributed by atoms with Crippen LogP contribution in [0.3, 0.4) is 0 Å². The van der Waals surface area contributed by atoms with E-state index >= 15 is 0 Å². The summed E-state index contributed by atoms with van der Waals surface area (Å²) < 4.78 is 6.16. The van der Waals surface area contributed by atoms with Crippen LogP contribution in [-0.4, -0.2) is 39.9 Å². The van der Waals surface area contributed by atoms with Gasteiger partial charge in [0.05, 0.1) is 0 Å². The molecule has 1 heterocycles. The summed E-state index contributed by atoms with van der Waals surface area (Å²) in [6.07, 6.45) is 5.14. The molecule has 7 heteroatoms. The van der Waals surface area contributed by atoms with Crippen LogP contribution in [0.15, 0.2) is 97.1 Å². The summed E-state index contributed by atoms with van der Waals surface area (Å²) >= 11 is 0. The van der Waals surface area contributed by atoms with Gasteiger partial charge in [0.1, 0.15) is 24.4 Å². The fraction of sp³-hybridized carbons (Fsp3) is 0.357. The molecule has 1 fully saturated rings. The zero-order valence-electron chi connectivity index (χ0n) is 28.4. The highest BCUT2D eigenvalue weighted by atomic mass is 16.5. The van der Waals surface area contributed by atoms with Gasteiger partial charge in [-0.25, -0.2) is 4.79 Å². The van der Waals surface area contributed by atoms with Crippen molar-refractivity contribution in [3.05, 3.63) is 125 Å². The molecule has 4 aromatic rings. The second kappa shape index (κ2) is 15.5. The smallest absolute Gasteiger partial charge is 0.326 e. The SMILES string of the molecule is CC(C)c1ccc(COc2ccc3c(c2)CN(C(=O)CC2CCCC2)[C@H](C(=O)N[C@@H](Cc2ccc(-c4ccccc4)cc2)C(=O)O)C3)cc1. The Balaban J connectivity index is 1.16. The molecule has 4 aromatic carbocycles. The topological polar surface area (TPSA) is 95.9 Å². The fourth-order valence-electron chi connectivity index (χ4n) is 7.06. The Labute approximate surface area is 289 Å². The van der Waals surface area contributed by atoms with E-state index in [2.05, 4.69) is 43.4 Å². The Hall–Kier alpha value is -4.91. The first kappa shape index (κ1) is 34.0. The number of nitrogens with one attached hydrogen (secondary N) is 1. The molecule has 0 bridgehead atoms. The number of fused-ring (bicyclic) bond motifs is 1. The number of carboxylic acids is 1. The Morgan fingerprint density at radius 3 is 2.18 bits per heavy atom. The molecule has 254 valence electrons. The molecule has 0 saturated heterocycles. The van der Waals surface area contributed by atoms with Crippen LogP contribution in [0, 0.1) is 5.92 Å². The van der Waals surface area contributed by atoms with Gasteiger partial charge in [-0.2, -0.15) is 0 Å². The molecule has 7 nitrogen and oxygen atoms in total. The number of benzene rings is 4. The van der Waals surface area contributed by atoms with Gasteiger partial charge < -0.3 is 20.1 Å². The van der Waals surface area contributed by atoms with E-state index < -0.39 is 24.0 Å². The third-order valence-corrected chi connectivity index (χ3v) is 10.0. The molecule has 2 amide bonds. The summed E-state index contributed by atoms with van der Waals surface area (Å²) in [4.78, 5) is 41.8. The normalized spacial score (nSPS) is 16.6. The minimum absolute atomic E-state index is 0.0577. The van der Waals surface area contributed by atoms with Crippen molar-refractivity contribution in [2.24, 2.45) is 5.92 Å². The van der Waals surface area contributed by atoms with Crippen LogP contribution < -0.4 is 10.1 Å². The molecule has 1 aliphatic carbocycles. The predicted octanol–water partition coefficient (Wildman–Crippen LogP) is 7.70. The number of rotatable bonds is 12. The largest absolute Gasteiger partial charge is 0.489 e. The summed E-state index contributed by atoms with van der Waals surface area (Å²) in [5.74, 6) is -0.113. The van der Waals surface area contributed by atoms with Crippen molar-refractivity contribution in [2.45, 2.75) is 89.9 Å². The van der Waals surface area contributed by atoms with Gasteiger partial charge >= 0.3 is 5.97 Å². The minimum Gasteiger partial charge on any atom is -0.489 e. The summed E-state index contributed by atoms with van der Waals surface area (Å²) in [5, 5.41) is 12.9. The third kappa shape index (κ3) is 8.58. The lowest BCUT2D eigenvalue weighted by Crippen LogP contribution is -2.56. The predicted molar refractivity (Wildman–Crippen MR) is 191 cm³/mol. The summed E-state index contributed by atoms with van der Waals surface area (Å²) in [6, 6.07) is 30.1. The maximum Gasteiger partial charge on any atom is 0.326 e. The molecular weight excluding hydrogens is 612 g/mol. The third-order valence-electron chi connectivity index (χ3n) is 10.0. The number of carbonyl (C=O) groups is 3. The van der Waals surface area contributed by atoms with Gasteiger partial charge in [-0.1, -0.05) is 112 Å². The minimum atomic E-state index is -1.13. The van der Waals surface area contributed by atoms with E-state index in [0.717, 1.165) is 59.1 Å². The fourth-order valence-corrected chi connectivity index (χ4v) is 7.06. The van der Waals surface area contributed by atoms with Crippen molar-refractivity contribution >= 4 is 17.8 Å². The number of amides is 2. The molecule has 6 rings (SSSR count). The van der Waals surface area contributed by atoms with E-state index in [4.69, 9.17) is 4.74 Å². The second-order valence-electron chi connectivity index (χ2n) is 13.9. The standard InChI is InChI=1S/C42H46N2O5/c1-28(2)32-16-14-31(15-17-32)27-49-37-21-20-35-25-39(44(26-36(35)24-37)40(45)23-29-8-6-7-9-29)41(46)43-38(42(47)48)22-30-12-18-34(19-13-30)33-10-4-3-5-11-33/h3-5,10-21,24,28-29,38-39H,6-9,22-23,25-27H2,1-2H3,(H,43,46)(H,47,48)/t38-,39-/m0/s1. The first-order valence-electron chi connectivity index (χ1n) is 17.5. The van der Waals surface area contributed by atoms with Crippen LogP contribution in [0.5, 0.6) is 5.75 Å². The van der Waals surface area contributed by atoms with Crippen LogP contribution in [0.25, 0.3) is 11.1 Å². The molecule has 2 atom stereocenters. The zero-order valence-corrected chi connectivity index (χ0v) is 28.4. The quantitative estimate of drug-likeness (QED) is 0.163. The number of hydrogen-bond acceptors (Lipinski definition) is 4. The number of carboxylic acid groups (broad SMARTS) is 1. The van der Waals surface area contributed by atoms with Gasteiger partial charge in [-0.3, -0.25) is 9.59 Å². The lowest BCUT2D eigenvalue weighted by molar-refractivity contribution is -0.145. The van der Waals surface area contributed by atoms with E-state index in [1.807, 2.05) is 72.8 Å². The van der Waals surface area contributed by atoms with Crippen LogP contribution in [0.4, 0.5) is 0 Å². The van der Waals surface area contributed by atoms with Crippen LogP contribution in [0.1, 0.15) is 79.7 Å². The first-order valence-corrected chi connectivity index (χ1v) is 17.5. The van der Waals surface area contributed by atoms with Gasteiger partial charge in [0.25, 0.3) is 0 Å². The number of carbonyl (C=O) groups excluding carboxylic acids is 2. The Kier molecular flexibility index (Phi) is 10.8.